The lowest BCUT2D eigenvalue weighted by Gasteiger charge is -2.17. The fourth-order valence-corrected chi connectivity index (χ4v) is 1.63. The normalized spacial score (nSPS) is 14.1. The van der Waals surface area contributed by atoms with Crippen LogP contribution in [0.5, 0.6) is 0 Å². The van der Waals surface area contributed by atoms with Crippen LogP contribution in [0.3, 0.4) is 0 Å². The average molecular weight is 330 g/mol. The van der Waals surface area contributed by atoms with Crippen LogP contribution in [0.1, 0.15) is 17.2 Å². The maximum Gasteiger partial charge on any atom is 0.330 e. The summed E-state index contributed by atoms with van der Waals surface area (Å²) in [6.07, 6.45) is -1.83. The molecule has 0 heterocycles. The van der Waals surface area contributed by atoms with Crippen molar-refractivity contribution < 1.29 is 13.9 Å². The summed E-state index contributed by atoms with van der Waals surface area (Å²) in [5.41, 5.74) is 1.10. The van der Waals surface area contributed by atoms with Crippen molar-refractivity contribution in [2.24, 2.45) is 0 Å². The molecule has 0 radical (unpaired) electrons. The monoisotopic (exact) mass is 328 g/mol. The molecule has 78 valence electrons. The number of hydrogen-bond acceptors (Lipinski definition) is 1. The Kier molecular flexibility index (Phi) is 3.66. The molecule has 0 aliphatic heterocycles. The molecule has 1 N–H and O–H groups in total. The number of benzene rings is 1. The van der Waals surface area contributed by atoms with E-state index in [0.717, 1.165) is 5.56 Å². The van der Waals surface area contributed by atoms with E-state index in [4.69, 9.17) is 0 Å². The lowest BCUT2D eigenvalue weighted by Crippen LogP contribution is -2.18. The van der Waals surface area contributed by atoms with Gasteiger partial charge in [-0.15, -0.1) is 0 Å². The van der Waals surface area contributed by atoms with E-state index in [0.29, 0.717) is 4.47 Å². The van der Waals surface area contributed by atoms with Crippen molar-refractivity contribution in [3.63, 3.8) is 0 Å². The Hall–Kier alpha value is -0.000000000000000222. The predicted molar refractivity (Wildman–Crippen MR) is 57.7 cm³/mol. The number of alkyl halides is 3. The second-order valence-corrected chi connectivity index (χ2v) is 4.86. The summed E-state index contributed by atoms with van der Waals surface area (Å²) in [6.45, 7) is 1.84. The van der Waals surface area contributed by atoms with Crippen molar-refractivity contribution >= 4 is 31.9 Å². The molecular formula is C9H8Br2F2O. The zero-order valence-electron chi connectivity index (χ0n) is 7.27. The van der Waals surface area contributed by atoms with E-state index in [2.05, 4.69) is 31.9 Å². The number of halogens is 4. The average Bonchev–Trinajstić information content (AvgIpc) is 2.07. The molecule has 5 heteroatoms. The fraction of sp³-hybridized carbons (Fsp3) is 0.333. The van der Waals surface area contributed by atoms with E-state index in [9.17, 15) is 13.9 Å². The summed E-state index contributed by atoms with van der Waals surface area (Å²) in [6, 6.07) is 4.62. The summed E-state index contributed by atoms with van der Waals surface area (Å²) in [4.78, 5) is -3.30. The van der Waals surface area contributed by atoms with E-state index in [1.807, 2.05) is 6.92 Å². The standard InChI is InChI=1S/C9H8Br2F2O/c1-5-2-3-6(4-7(5)10)8(14)9(11,12)13/h2-4,8,14H,1H3. The Balaban J connectivity index is 3.03. The van der Waals surface area contributed by atoms with Crippen molar-refractivity contribution in [1.82, 2.24) is 0 Å². The van der Waals surface area contributed by atoms with Crippen LogP contribution in [0.4, 0.5) is 8.78 Å². The Morgan fingerprint density at radius 1 is 1.43 bits per heavy atom. The van der Waals surface area contributed by atoms with Crippen LogP contribution in [0.15, 0.2) is 22.7 Å². The highest BCUT2D eigenvalue weighted by molar-refractivity contribution is 9.10. The van der Waals surface area contributed by atoms with Gasteiger partial charge in [-0.1, -0.05) is 28.1 Å². The van der Waals surface area contributed by atoms with Crippen molar-refractivity contribution in [3.05, 3.63) is 33.8 Å². The largest absolute Gasteiger partial charge is 0.381 e. The first-order chi connectivity index (χ1) is 6.32. The smallest absolute Gasteiger partial charge is 0.330 e. The van der Waals surface area contributed by atoms with Crippen molar-refractivity contribution in [1.29, 1.82) is 0 Å². The number of aryl methyl sites for hydroxylation is 1. The Morgan fingerprint density at radius 3 is 2.43 bits per heavy atom. The SMILES string of the molecule is Cc1ccc(C(O)C(F)(F)Br)cc1Br. The lowest BCUT2D eigenvalue weighted by molar-refractivity contribution is -0.0294. The molecule has 0 saturated heterocycles. The van der Waals surface area contributed by atoms with Gasteiger partial charge in [0.25, 0.3) is 0 Å². The van der Waals surface area contributed by atoms with Gasteiger partial charge in [-0.3, -0.25) is 0 Å². The maximum atomic E-state index is 12.7. The van der Waals surface area contributed by atoms with Gasteiger partial charge in [-0.05, 0) is 40.0 Å². The third kappa shape index (κ3) is 2.74. The summed E-state index contributed by atoms with van der Waals surface area (Å²) in [5.74, 6) is 0. The molecule has 1 aromatic rings. The van der Waals surface area contributed by atoms with E-state index in [1.54, 1.807) is 6.07 Å². The number of hydrogen-bond donors (Lipinski definition) is 1. The summed E-state index contributed by atoms with van der Waals surface area (Å²) in [7, 11) is 0. The molecule has 0 amide bonds. The first-order valence-electron chi connectivity index (χ1n) is 3.83. The number of aliphatic hydroxyl groups is 1. The maximum absolute atomic E-state index is 12.7. The van der Waals surface area contributed by atoms with Crippen LogP contribution in [-0.4, -0.2) is 9.94 Å². The molecule has 14 heavy (non-hydrogen) atoms. The van der Waals surface area contributed by atoms with Crippen LogP contribution >= 0.6 is 31.9 Å². The highest BCUT2D eigenvalue weighted by Crippen LogP contribution is 2.37. The second-order valence-electron chi connectivity index (χ2n) is 2.95. The van der Waals surface area contributed by atoms with Crippen molar-refractivity contribution in [2.75, 3.05) is 0 Å². The van der Waals surface area contributed by atoms with Gasteiger partial charge in [-0.2, -0.15) is 8.78 Å². The van der Waals surface area contributed by atoms with Gasteiger partial charge >= 0.3 is 4.83 Å². The minimum absolute atomic E-state index is 0.171. The summed E-state index contributed by atoms with van der Waals surface area (Å²) >= 11 is 5.33. The molecule has 0 aliphatic rings. The second kappa shape index (κ2) is 4.24. The van der Waals surface area contributed by atoms with Crippen LogP contribution in [0.25, 0.3) is 0 Å². The Bertz CT molecular complexity index is 336. The van der Waals surface area contributed by atoms with Crippen LogP contribution in [-0.2, 0) is 0 Å². The molecule has 0 saturated carbocycles. The fourth-order valence-electron chi connectivity index (χ4n) is 0.968. The van der Waals surface area contributed by atoms with Gasteiger partial charge in [0.05, 0.1) is 0 Å². The zero-order valence-corrected chi connectivity index (χ0v) is 10.4. The third-order valence-corrected chi connectivity index (χ3v) is 3.11. The molecule has 1 aromatic carbocycles. The van der Waals surface area contributed by atoms with Gasteiger partial charge in [0.15, 0.2) is 6.10 Å². The Labute approximate surface area is 97.4 Å². The predicted octanol–water partition coefficient (Wildman–Crippen LogP) is 3.78. The molecule has 0 fully saturated rings. The molecular weight excluding hydrogens is 322 g/mol. The molecule has 0 bridgehead atoms. The van der Waals surface area contributed by atoms with E-state index < -0.39 is 10.9 Å². The van der Waals surface area contributed by atoms with Crippen molar-refractivity contribution in [3.8, 4) is 0 Å². The molecule has 0 aromatic heterocycles. The minimum Gasteiger partial charge on any atom is -0.381 e. The van der Waals surface area contributed by atoms with Crippen LogP contribution in [0, 0.1) is 6.92 Å². The van der Waals surface area contributed by atoms with Crippen LogP contribution < -0.4 is 0 Å². The molecule has 1 nitrogen and oxygen atoms in total. The van der Waals surface area contributed by atoms with Gasteiger partial charge in [-0.25, -0.2) is 0 Å². The Morgan fingerprint density at radius 2 is 2.00 bits per heavy atom. The van der Waals surface area contributed by atoms with Crippen molar-refractivity contribution in [2.45, 2.75) is 17.9 Å². The van der Waals surface area contributed by atoms with E-state index >= 15 is 0 Å². The number of rotatable bonds is 2. The highest BCUT2D eigenvalue weighted by atomic mass is 79.9. The molecule has 1 atom stereocenters. The first-order valence-corrected chi connectivity index (χ1v) is 5.42. The van der Waals surface area contributed by atoms with Gasteiger partial charge in [0, 0.05) is 4.47 Å². The van der Waals surface area contributed by atoms with E-state index in [-0.39, 0.29) is 5.56 Å². The quantitative estimate of drug-likeness (QED) is 0.819. The topological polar surface area (TPSA) is 20.2 Å². The molecule has 0 spiro atoms. The zero-order chi connectivity index (χ0) is 10.9. The van der Waals surface area contributed by atoms with Gasteiger partial charge in [0.2, 0.25) is 0 Å². The summed E-state index contributed by atoms with van der Waals surface area (Å²) < 4.78 is 26.1. The van der Waals surface area contributed by atoms with Gasteiger partial charge in [0.1, 0.15) is 0 Å². The van der Waals surface area contributed by atoms with E-state index in [1.165, 1.54) is 12.1 Å². The molecule has 1 rings (SSSR count). The minimum atomic E-state index is -3.30. The lowest BCUT2D eigenvalue weighted by atomic mass is 10.1. The molecule has 1 unspecified atom stereocenters. The van der Waals surface area contributed by atoms with Crippen LogP contribution in [0.2, 0.25) is 0 Å². The number of aliphatic hydroxyl groups excluding tert-OH is 1. The summed E-state index contributed by atoms with van der Waals surface area (Å²) in [5, 5.41) is 9.25. The van der Waals surface area contributed by atoms with Gasteiger partial charge < -0.3 is 5.11 Å². The first kappa shape index (κ1) is 12.1. The molecule has 0 aliphatic carbocycles. The highest BCUT2D eigenvalue weighted by Gasteiger charge is 2.36. The third-order valence-electron chi connectivity index (χ3n) is 1.82.